The molecule has 0 spiro atoms. The summed E-state index contributed by atoms with van der Waals surface area (Å²) >= 11 is 1.65. The lowest BCUT2D eigenvalue weighted by molar-refractivity contribution is 0.0516. The summed E-state index contributed by atoms with van der Waals surface area (Å²) in [4.78, 5) is 12.1. The van der Waals surface area contributed by atoms with Gasteiger partial charge in [0.2, 0.25) is 0 Å². The molecular formula is C20H34N8O2S. The zero-order valence-electron chi connectivity index (χ0n) is 19.3. The summed E-state index contributed by atoms with van der Waals surface area (Å²) in [5.41, 5.74) is -0.530. The molecule has 3 rings (SSSR count). The fourth-order valence-electron chi connectivity index (χ4n) is 3.14. The molecule has 2 atom stereocenters. The first kappa shape index (κ1) is 23.5. The predicted octanol–water partition coefficient (Wildman–Crippen LogP) is 3.02. The summed E-state index contributed by atoms with van der Waals surface area (Å²) in [5, 5.41) is 29.5. The van der Waals surface area contributed by atoms with Crippen molar-refractivity contribution in [3.05, 3.63) is 15.8 Å². The van der Waals surface area contributed by atoms with Crippen LogP contribution in [0.1, 0.15) is 88.2 Å². The predicted molar refractivity (Wildman–Crippen MR) is 118 cm³/mol. The molecule has 0 aliphatic heterocycles. The van der Waals surface area contributed by atoms with E-state index in [9.17, 15) is 4.79 Å². The van der Waals surface area contributed by atoms with Crippen molar-refractivity contribution in [3.8, 4) is 0 Å². The quantitative estimate of drug-likeness (QED) is 0.567. The molecule has 11 heteroatoms. The standard InChI is InChI=1S/C20H34N8O2S/c1-12(2)18-25-23-15(31-18)9-10-21-16(17-24-26-27-28(17)14-7-8-14)13(3)11-22-19(29)30-20(4,5)6/h12-14,16,21H,7-11H2,1-6H3,(H,22,29). The number of nitrogens with one attached hydrogen (secondary N) is 2. The Kier molecular flexibility index (Phi) is 7.58. The highest BCUT2D eigenvalue weighted by molar-refractivity contribution is 7.11. The number of hydrogen-bond acceptors (Lipinski definition) is 9. The Morgan fingerprint density at radius 3 is 2.58 bits per heavy atom. The third-order valence-corrected chi connectivity index (χ3v) is 6.19. The third kappa shape index (κ3) is 6.93. The Hall–Kier alpha value is -2.14. The van der Waals surface area contributed by atoms with Gasteiger partial charge in [0.1, 0.15) is 15.6 Å². The zero-order valence-corrected chi connectivity index (χ0v) is 20.1. The summed E-state index contributed by atoms with van der Waals surface area (Å²) < 4.78 is 7.28. The molecule has 0 radical (unpaired) electrons. The minimum absolute atomic E-state index is 0.0525. The van der Waals surface area contributed by atoms with Crippen molar-refractivity contribution in [3.63, 3.8) is 0 Å². The topological polar surface area (TPSA) is 120 Å². The maximum absolute atomic E-state index is 12.1. The van der Waals surface area contributed by atoms with Crippen LogP contribution in [0.2, 0.25) is 0 Å². The van der Waals surface area contributed by atoms with Gasteiger partial charge in [-0.3, -0.25) is 0 Å². The highest BCUT2D eigenvalue weighted by Gasteiger charge is 2.33. The summed E-state index contributed by atoms with van der Waals surface area (Å²) in [7, 11) is 0. The molecule has 1 amide bonds. The van der Waals surface area contributed by atoms with Gasteiger partial charge in [-0.05, 0) is 50.0 Å². The Morgan fingerprint density at radius 1 is 1.23 bits per heavy atom. The average Bonchev–Trinajstić information content (AvgIpc) is 3.21. The number of aromatic nitrogens is 6. The molecule has 0 bridgehead atoms. The Labute approximate surface area is 187 Å². The maximum atomic E-state index is 12.1. The second-order valence-electron chi connectivity index (χ2n) is 9.44. The van der Waals surface area contributed by atoms with Gasteiger partial charge in [0.15, 0.2) is 5.82 Å². The lowest BCUT2D eigenvalue weighted by atomic mass is 10.0. The number of hydrogen-bond donors (Lipinski definition) is 2. The summed E-state index contributed by atoms with van der Waals surface area (Å²) in [5.74, 6) is 1.24. The van der Waals surface area contributed by atoms with E-state index in [-0.39, 0.29) is 12.0 Å². The molecule has 1 aliphatic carbocycles. The minimum Gasteiger partial charge on any atom is -0.444 e. The molecule has 172 valence electrons. The molecular weight excluding hydrogens is 416 g/mol. The van der Waals surface area contributed by atoms with Crippen molar-refractivity contribution in [2.75, 3.05) is 13.1 Å². The Morgan fingerprint density at radius 2 is 1.97 bits per heavy atom. The average molecular weight is 451 g/mol. The molecule has 2 aromatic rings. The van der Waals surface area contributed by atoms with Gasteiger partial charge in [0, 0.05) is 25.4 Å². The molecule has 10 nitrogen and oxygen atoms in total. The molecule has 2 heterocycles. The van der Waals surface area contributed by atoms with E-state index < -0.39 is 11.7 Å². The molecule has 2 aromatic heterocycles. The second-order valence-corrected chi connectivity index (χ2v) is 10.5. The van der Waals surface area contributed by atoms with Crippen LogP contribution in [-0.2, 0) is 11.2 Å². The van der Waals surface area contributed by atoms with Crippen LogP contribution in [0, 0.1) is 5.92 Å². The van der Waals surface area contributed by atoms with Crippen molar-refractivity contribution < 1.29 is 9.53 Å². The fraction of sp³-hybridized carbons (Fsp3) is 0.800. The number of carbonyl (C=O) groups is 1. The number of alkyl carbamates (subject to hydrolysis) is 1. The van der Waals surface area contributed by atoms with Crippen LogP contribution >= 0.6 is 11.3 Å². The lowest BCUT2D eigenvalue weighted by Crippen LogP contribution is -2.39. The van der Waals surface area contributed by atoms with Gasteiger partial charge in [-0.2, -0.15) is 0 Å². The first-order valence-electron chi connectivity index (χ1n) is 10.9. The number of carbonyl (C=O) groups excluding carboxylic acids is 1. The molecule has 1 saturated carbocycles. The zero-order chi connectivity index (χ0) is 22.6. The number of tetrazole rings is 1. The molecule has 2 unspecified atom stereocenters. The SMILES string of the molecule is CC(C)c1nnc(CCNC(c2nnnn2C2CC2)C(C)CNC(=O)OC(C)(C)C)s1. The van der Waals surface area contributed by atoms with Crippen LogP contribution < -0.4 is 10.6 Å². The van der Waals surface area contributed by atoms with E-state index in [0.717, 1.165) is 35.1 Å². The molecule has 2 N–H and O–H groups in total. The highest BCUT2D eigenvalue weighted by atomic mass is 32.1. The van der Waals surface area contributed by atoms with E-state index in [1.54, 1.807) is 11.3 Å². The number of ether oxygens (including phenoxy) is 1. The van der Waals surface area contributed by atoms with Crippen LogP contribution in [0.4, 0.5) is 4.79 Å². The van der Waals surface area contributed by atoms with E-state index in [4.69, 9.17) is 4.74 Å². The van der Waals surface area contributed by atoms with Crippen molar-refractivity contribution in [1.29, 1.82) is 0 Å². The Bertz CT molecular complexity index is 855. The van der Waals surface area contributed by atoms with Gasteiger partial charge in [0.05, 0.1) is 12.1 Å². The van der Waals surface area contributed by atoms with E-state index in [0.29, 0.717) is 25.0 Å². The van der Waals surface area contributed by atoms with Crippen molar-refractivity contribution in [2.45, 2.75) is 84.4 Å². The first-order valence-corrected chi connectivity index (χ1v) is 11.8. The van der Waals surface area contributed by atoms with Crippen LogP contribution in [0.3, 0.4) is 0 Å². The second kappa shape index (κ2) is 9.99. The van der Waals surface area contributed by atoms with Gasteiger partial charge < -0.3 is 15.4 Å². The molecule has 1 aliphatic rings. The summed E-state index contributed by atoms with van der Waals surface area (Å²) in [6, 6.07) is 0.264. The smallest absolute Gasteiger partial charge is 0.407 e. The number of rotatable bonds is 10. The Balaban J connectivity index is 1.63. The molecule has 0 saturated heterocycles. The molecule has 31 heavy (non-hydrogen) atoms. The minimum atomic E-state index is -0.530. The van der Waals surface area contributed by atoms with E-state index in [1.807, 2.05) is 25.5 Å². The summed E-state index contributed by atoms with van der Waals surface area (Å²) in [6.07, 6.45) is 2.55. The monoisotopic (exact) mass is 450 g/mol. The summed E-state index contributed by atoms with van der Waals surface area (Å²) in [6.45, 7) is 13.0. The largest absolute Gasteiger partial charge is 0.444 e. The van der Waals surface area contributed by atoms with E-state index in [1.165, 1.54) is 0 Å². The number of nitrogens with zero attached hydrogens (tertiary/aromatic N) is 6. The van der Waals surface area contributed by atoms with Gasteiger partial charge in [-0.15, -0.1) is 26.6 Å². The van der Waals surface area contributed by atoms with Crippen LogP contribution in [0.25, 0.3) is 0 Å². The van der Waals surface area contributed by atoms with E-state index in [2.05, 4.69) is 57.1 Å². The number of amides is 1. The normalized spacial score (nSPS) is 16.4. The van der Waals surface area contributed by atoms with Crippen LogP contribution in [0.15, 0.2) is 0 Å². The lowest BCUT2D eigenvalue weighted by Gasteiger charge is -2.26. The van der Waals surface area contributed by atoms with Gasteiger partial charge >= 0.3 is 6.09 Å². The van der Waals surface area contributed by atoms with Gasteiger partial charge in [-0.1, -0.05) is 20.8 Å². The highest BCUT2D eigenvalue weighted by Crippen LogP contribution is 2.36. The molecule has 1 fully saturated rings. The van der Waals surface area contributed by atoms with Gasteiger partial charge in [0.25, 0.3) is 0 Å². The first-order chi connectivity index (χ1) is 14.6. The van der Waals surface area contributed by atoms with E-state index >= 15 is 0 Å². The van der Waals surface area contributed by atoms with Crippen LogP contribution in [0.5, 0.6) is 0 Å². The van der Waals surface area contributed by atoms with Gasteiger partial charge in [-0.25, -0.2) is 9.48 Å². The fourth-order valence-corrected chi connectivity index (χ4v) is 3.99. The molecule has 0 aromatic carbocycles. The third-order valence-electron chi connectivity index (χ3n) is 4.90. The van der Waals surface area contributed by atoms with Crippen molar-refractivity contribution >= 4 is 17.4 Å². The van der Waals surface area contributed by atoms with Crippen molar-refractivity contribution in [2.24, 2.45) is 5.92 Å². The maximum Gasteiger partial charge on any atom is 0.407 e. The van der Waals surface area contributed by atoms with Crippen LogP contribution in [-0.4, -0.2) is 55.2 Å². The van der Waals surface area contributed by atoms with Crippen molar-refractivity contribution in [1.82, 2.24) is 41.0 Å².